The van der Waals surface area contributed by atoms with Crippen LogP contribution in [-0.2, 0) is 17.7 Å². The molecule has 30 heavy (non-hydrogen) atoms. The van der Waals surface area contributed by atoms with Crippen LogP contribution in [0.1, 0.15) is 28.2 Å². The van der Waals surface area contributed by atoms with Crippen LogP contribution in [0.4, 0.5) is 0 Å². The number of aryl methyl sites for hydroxylation is 1. The van der Waals surface area contributed by atoms with Crippen LogP contribution >= 0.6 is 24.0 Å². The Kier molecular flexibility index (Phi) is 7.99. The SMILES string of the molecule is CN=C(NCc1ccc(C)cc1OCCOC)NCC1C2Cc3ccccc3C12.I. The highest BCUT2D eigenvalue weighted by Gasteiger charge is 2.54. The number of ether oxygens (including phenoxy) is 2. The van der Waals surface area contributed by atoms with Crippen LogP contribution in [0.5, 0.6) is 5.75 Å². The summed E-state index contributed by atoms with van der Waals surface area (Å²) in [6.07, 6.45) is 1.23. The van der Waals surface area contributed by atoms with E-state index in [1.807, 2.05) is 7.05 Å². The zero-order chi connectivity index (χ0) is 20.2. The second kappa shape index (κ2) is 10.5. The summed E-state index contributed by atoms with van der Waals surface area (Å²) in [5.41, 5.74) is 5.41. The fraction of sp³-hybridized carbons (Fsp3) is 0.458. The minimum atomic E-state index is 0. The first-order valence-electron chi connectivity index (χ1n) is 10.4. The molecule has 6 heteroatoms. The Morgan fingerprint density at radius 1 is 1.13 bits per heavy atom. The highest BCUT2D eigenvalue weighted by molar-refractivity contribution is 14.0. The van der Waals surface area contributed by atoms with E-state index in [9.17, 15) is 0 Å². The lowest BCUT2D eigenvalue weighted by molar-refractivity contribution is 0.145. The Bertz CT molecular complexity index is 887. The van der Waals surface area contributed by atoms with Gasteiger partial charge in [-0.3, -0.25) is 4.99 Å². The van der Waals surface area contributed by atoms with Crippen LogP contribution in [0.2, 0.25) is 0 Å². The number of nitrogens with zero attached hydrogens (tertiary/aromatic N) is 1. The maximum atomic E-state index is 5.89. The van der Waals surface area contributed by atoms with E-state index >= 15 is 0 Å². The molecule has 2 aromatic rings. The first-order valence-corrected chi connectivity index (χ1v) is 10.4. The third-order valence-electron chi connectivity index (χ3n) is 6.14. The van der Waals surface area contributed by atoms with Gasteiger partial charge in [-0.1, -0.05) is 36.4 Å². The van der Waals surface area contributed by atoms with Gasteiger partial charge in [0.15, 0.2) is 5.96 Å². The third-order valence-corrected chi connectivity index (χ3v) is 6.14. The molecule has 2 aliphatic carbocycles. The van der Waals surface area contributed by atoms with Crippen LogP contribution < -0.4 is 15.4 Å². The van der Waals surface area contributed by atoms with Crippen molar-refractivity contribution in [2.75, 3.05) is 33.9 Å². The Balaban J connectivity index is 0.00000256. The van der Waals surface area contributed by atoms with Crippen molar-refractivity contribution >= 4 is 29.9 Å². The zero-order valence-corrected chi connectivity index (χ0v) is 20.3. The van der Waals surface area contributed by atoms with E-state index < -0.39 is 0 Å². The van der Waals surface area contributed by atoms with E-state index in [4.69, 9.17) is 9.47 Å². The second-order valence-electron chi connectivity index (χ2n) is 8.02. The van der Waals surface area contributed by atoms with Crippen molar-refractivity contribution in [3.63, 3.8) is 0 Å². The average Bonchev–Trinajstić information content (AvgIpc) is 3.27. The van der Waals surface area contributed by atoms with Gasteiger partial charge in [0.25, 0.3) is 0 Å². The molecule has 0 aliphatic heterocycles. The van der Waals surface area contributed by atoms with Crippen molar-refractivity contribution in [1.82, 2.24) is 10.6 Å². The van der Waals surface area contributed by atoms with Gasteiger partial charge in [-0.25, -0.2) is 0 Å². The number of hydrogen-bond acceptors (Lipinski definition) is 3. The number of methoxy groups -OCH3 is 1. The normalized spacial score (nSPS) is 21.3. The molecule has 5 nitrogen and oxygen atoms in total. The molecule has 0 saturated heterocycles. The van der Waals surface area contributed by atoms with E-state index in [0.717, 1.165) is 41.6 Å². The van der Waals surface area contributed by atoms with E-state index in [2.05, 4.69) is 65.0 Å². The highest BCUT2D eigenvalue weighted by Crippen LogP contribution is 2.60. The predicted octanol–water partition coefficient (Wildman–Crippen LogP) is 3.89. The minimum Gasteiger partial charge on any atom is -0.491 e. The zero-order valence-electron chi connectivity index (χ0n) is 18.0. The topological polar surface area (TPSA) is 54.9 Å². The first kappa shape index (κ1) is 22.9. The van der Waals surface area contributed by atoms with Crippen LogP contribution in [-0.4, -0.2) is 39.9 Å². The quantitative estimate of drug-likeness (QED) is 0.240. The van der Waals surface area contributed by atoms with Gasteiger partial charge in [0.1, 0.15) is 12.4 Å². The minimum absolute atomic E-state index is 0. The molecule has 2 aromatic carbocycles. The van der Waals surface area contributed by atoms with Gasteiger partial charge in [0, 0.05) is 32.8 Å². The number of benzene rings is 2. The molecule has 1 saturated carbocycles. The first-order chi connectivity index (χ1) is 14.2. The Labute approximate surface area is 196 Å². The van der Waals surface area contributed by atoms with E-state index in [-0.39, 0.29) is 24.0 Å². The molecule has 0 heterocycles. The smallest absolute Gasteiger partial charge is 0.191 e. The largest absolute Gasteiger partial charge is 0.491 e. The molecule has 162 valence electrons. The number of halogens is 1. The molecule has 0 bridgehead atoms. The summed E-state index contributed by atoms with van der Waals surface area (Å²) in [6, 6.07) is 15.2. The molecule has 0 amide bonds. The number of nitrogens with one attached hydrogen (secondary N) is 2. The maximum absolute atomic E-state index is 5.89. The van der Waals surface area contributed by atoms with Crippen molar-refractivity contribution in [2.24, 2.45) is 16.8 Å². The van der Waals surface area contributed by atoms with Crippen LogP contribution in [0, 0.1) is 18.8 Å². The Morgan fingerprint density at radius 3 is 2.77 bits per heavy atom. The van der Waals surface area contributed by atoms with Gasteiger partial charge in [-0.15, -0.1) is 24.0 Å². The van der Waals surface area contributed by atoms with Crippen molar-refractivity contribution in [3.8, 4) is 5.75 Å². The monoisotopic (exact) mass is 521 g/mol. The molecule has 4 rings (SSSR count). The Hall–Kier alpha value is -1.80. The summed E-state index contributed by atoms with van der Waals surface area (Å²) >= 11 is 0. The van der Waals surface area contributed by atoms with Gasteiger partial charge in [0.05, 0.1) is 6.61 Å². The van der Waals surface area contributed by atoms with Gasteiger partial charge in [-0.2, -0.15) is 0 Å². The fourth-order valence-electron chi connectivity index (χ4n) is 4.55. The van der Waals surface area contributed by atoms with Crippen LogP contribution in [0.25, 0.3) is 0 Å². The molecule has 0 spiro atoms. The van der Waals surface area contributed by atoms with Gasteiger partial charge in [-0.05, 0) is 53.9 Å². The molecular formula is C24H32IN3O2. The highest BCUT2D eigenvalue weighted by atomic mass is 127. The van der Waals surface area contributed by atoms with E-state index in [1.165, 1.54) is 12.0 Å². The summed E-state index contributed by atoms with van der Waals surface area (Å²) < 4.78 is 11.0. The lowest BCUT2D eigenvalue weighted by Crippen LogP contribution is -2.38. The number of rotatable bonds is 8. The summed E-state index contributed by atoms with van der Waals surface area (Å²) in [7, 11) is 3.51. The summed E-state index contributed by atoms with van der Waals surface area (Å²) in [5.74, 6) is 3.99. The van der Waals surface area contributed by atoms with Gasteiger partial charge < -0.3 is 20.1 Å². The molecule has 2 aliphatic rings. The maximum Gasteiger partial charge on any atom is 0.191 e. The molecule has 1 fully saturated rings. The molecule has 3 unspecified atom stereocenters. The summed E-state index contributed by atoms with van der Waals surface area (Å²) in [4.78, 5) is 4.40. The number of guanidine groups is 1. The molecule has 0 aromatic heterocycles. The van der Waals surface area contributed by atoms with Crippen molar-refractivity contribution in [2.45, 2.75) is 25.8 Å². The lowest BCUT2D eigenvalue weighted by atomic mass is 10.0. The Morgan fingerprint density at radius 2 is 1.97 bits per heavy atom. The standard InChI is InChI=1S/C24H31N3O2.HI/c1-16-8-9-18(22(12-16)29-11-10-28-3)14-26-24(25-2)27-15-21-20-13-17-6-4-5-7-19(17)23(20)21;/h4-9,12,20-21,23H,10-11,13-15H2,1-3H3,(H2,25,26,27);1H. The molecule has 3 atom stereocenters. The predicted molar refractivity (Wildman–Crippen MR) is 132 cm³/mol. The summed E-state index contributed by atoms with van der Waals surface area (Å²) in [5, 5.41) is 6.95. The molecule has 0 radical (unpaired) electrons. The number of fused-ring (bicyclic) bond motifs is 3. The number of hydrogen-bond donors (Lipinski definition) is 2. The van der Waals surface area contributed by atoms with Crippen molar-refractivity contribution in [1.29, 1.82) is 0 Å². The van der Waals surface area contributed by atoms with E-state index in [1.54, 1.807) is 18.2 Å². The average molecular weight is 521 g/mol. The van der Waals surface area contributed by atoms with Gasteiger partial charge in [0.2, 0.25) is 0 Å². The third kappa shape index (κ3) is 5.09. The summed E-state index contributed by atoms with van der Waals surface area (Å²) in [6.45, 7) is 4.84. The van der Waals surface area contributed by atoms with E-state index in [0.29, 0.717) is 19.8 Å². The second-order valence-corrected chi connectivity index (χ2v) is 8.02. The van der Waals surface area contributed by atoms with Crippen molar-refractivity contribution < 1.29 is 9.47 Å². The van der Waals surface area contributed by atoms with Crippen molar-refractivity contribution in [3.05, 3.63) is 64.7 Å². The van der Waals surface area contributed by atoms with Crippen LogP contribution in [0.3, 0.4) is 0 Å². The number of aliphatic imine (C=N–C) groups is 1. The van der Waals surface area contributed by atoms with Gasteiger partial charge >= 0.3 is 0 Å². The molecular weight excluding hydrogens is 489 g/mol. The lowest BCUT2D eigenvalue weighted by Gasteiger charge is -2.16. The van der Waals surface area contributed by atoms with Crippen LogP contribution in [0.15, 0.2) is 47.5 Å². The molecule has 2 N–H and O–H groups in total. The fourth-order valence-corrected chi connectivity index (χ4v) is 4.55.